The molecule has 1 heterocycles. The lowest BCUT2D eigenvalue weighted by molar-refractivity contribution is -0.143. The Hall–Kier alpha value is -2.03. The first-order valence-corrected chi connectivity index (χ1v) is 5.55. The predicted octanol–water partition coefficient (Wildman–Crippen LogP) is 3.40. The maximum absolute atomic E-state index is 12.9. The largest absolute Gasteiger partial charge is 0.418 e. The van der Waals surface area contributed by atoms with E-state index in [1.54, 1.807) is 0 Å². The van der Waals surface area contributed by atoms with Crippen molar-refractivity contribution in [3.05, 3.63) is 47.5 Å². The number of hydrogen-bond acceptors (Lipinski definition) is 2. The van der Waals surface area contributed by atoms with E-state index in [0.29, 0.717) is 12.1 Å². The molecule has 0 unspecified atom stereocenters. The molecule has 1 N–H and O–H groups in total. The van der Waals surface area contributed by atoms with Crippen LogP contribution >= 0.6 is 0 Å². The molecule has 0 saturated carbocycles. The number of rotatable bonds is 2. The van der Waals surface area contributed by atoms with Crippen molar-refractivity contribution in [2.24, 2.45) is 0 Å². The zero-order chi connectivity index (χ0) is 15.8. The molecule has 0 bridgehead atoms. The Labute approximate surface area is 114 Å². The van der Waals surface area contributed by atoms with E-state index in [1.807, 2.05) is 0 Å². The summed E-state index contributed by atoms with van der Waals surface area (Å²) < 4.78 is 77.3. The number of imidazole rings is 1. The highest BCUT2D eigenvalue weighted by molar-refractivity contribution is 5.46. The highest BCUT2D eigenvalue weighted by Gasteiger charge is 2.38. The van der Waals surface area contributed by atoms with E-state index in [2.05, 4.69) is 4.98 Å². The second kappa shape index (κ2) is 5.06. The highest BCUT2D eigenvalue weighted by Crippen LogP contribution is 2.38. The molecule has 114 valence electrons. The number of halogens is 6. The van der Waals surface area contributed by atoms with Crippen molar-refractivity contribution < 1.29 is 31.4 Å². The van der Waals surface area contributed by atoms with Crippen molar-refractivity contribution >= 4 is 0 Å². The van der Waals surface area contributed by atoms with Crippen molar-refractivity contribution in [3.8, 4) is 5.69 Å². The van der Waals surface area contributed by atoms with Crippen molar-refractivity contribution in [1.29, 1.82) is 0 Å². The standard InChI is InChI=1S/C12H8F6N2O/c13-11(14,15)7-1-2-10(9(3-7)12(16,17)18)20-4-8(5-21)19-6-20/h1-4,6,21H,5H2. The molecule has 0 saturated heterocycles. The molecule has 3 nitrogen and oxygen atoms in total. The minimum absolute atomic E-state index is 0.0496. The van der Waals surface area contributed by atoms with Crippen LogP contribution in [0.3, 0.4) is 0 Å². The molecule has 0 radical (unpaired) electrons. The zero-order valence-electron chi connectivity index (χ0n) is 10.2. The van der Waals surface area contributed by atoms with Crippen molar-refractivity contribution in [3.63, 3.8) is 0 Å². The number of aliphatic hydroxyl groups excluding tert-OH is 1. The number of aliphatic hydroxyl groups is 1. The third-order valence-electron chi connectivity index (χ3n) is 2.71. The Bertz CT molecular complexity index is 644. The fraction of sp³-hybridized carbons (Fsp3) is 0.250. The van der Waals surface area contributed by atoms with Gasteiger partial charge in [-0.1, -0.05) is 0 Å². The zero-order valence-corrected chi connectivity index (χ0v) is 10.2. The van der Waals surface area contributed by atoms with Gasteiger partial charge in [-0.2, -0.15) is 26.3 Å². The van der Waals surface area contributed by atoms with Gasteiger partial charge in [0.05, 0.1) is 35.4 Å². The lowest BCUT2D eigenvalue weighted by Crippen LogP contribution is -2.14. The Morgan fingerprint density at radius 3 is 2.19 bits per heavy atom. The van der Waals surface area contributed by atoms with E-state index in [9.17, 15) is 26.3 Å². The van der Waals surface area contributed by atoms with Crippen LogP contribution in [0.15, 0.2) is 30.7 Å². The summed E-state index contributed by atoms with van der Waals surface area (Å²) in [6.45, 7) is -0.491. The van der Waals surface area contributed by atoms with Crippen LogP contribution in [0.25, 0.3) is 5.69 Å². The van der Waals surface area contributed by atoms with Gasteiger partial charge in [0, 0.05) is 6.20 Å². The van der Waals surface area contributed by atoms with E-state index >= 15 is 0 Å². The van der Waals surface area contributed by atoms with Crippen LogP contribution in [0.5, 0.6) is 0 Å². The molecule has 0 aliphatic heterocycles. The summed E-state index contributed by atoms with van der Waals surface area (Å²) in [6, 6.07) is 1.33. The third kappa shape index (κ3) is 3.18. The maximum Gasteiger partial charge on any atom is 0.418 e. The molecular weight excluding hydrogens is 302 g/mol. The number of benzene rings is 1. The number of nitrogens with zero attached hydrogens (tertiary/aromatic N) is 2. The summed E-state index contributed by atoms with van der Waals surface area (Å²) in [5.41, 5.74) is -3.22. The van der Waals surface area contributed by atoms with Gasteiger partial charge >= 0.3 is 12.4 Å². The normalized spacial score (nSPS) is 12.7. The average Bonchev–Trinajstić information content (AvgIpc) is 2.84. The molecule has 0 spiro atoms. The average molecular weight is 310 g/mol. The molecule has 0 aliphatic carbocycles. The lowest BCUT2D eigenvalue weighted by atomic mass is 10.1. The quantitative estimate of drug-likeness (QED) is 0.863. The minimum atomic E-state index is -4.96. The Balaban J connectivity index is 2.60. The van der Waals surface area contributed by atoms with Crippen molar-refractivity contribution in [1.82, 2.24) is 9.55 Å². The summed E-state index contributed by atoms with van der Waals surface area (Å²) in [6.07, 6.45) is -7.73. The van der Waals surface area contributed by atoms with E-state index in [4.69, 9.17) is 5.11 Å². The minimum Gasteiger partial charge on any atom is -0.390 e. The van der Waals surface area contributed by atoms with Gasteiger partial charge in [-0.25, -0.2) is 4.98 Å². The molecule has 0 amide bonds. The molecule has 9 heteroatoms. The Morgan fingerprint density at radius 2 is 1.71 bits per heavy atom. The first kappa shape index (κ1) is 15.4. The summed E-state index contributed by atoms with van der Waals surface area (Å²) in [5, 5.41) is 8.83. The Kier molecular flexibility index (Phi) is 3.70. The first-order valence-electron chi connectivity index (χ1n) is 5.55. The summed E-state index contributed by atoms with van der Waals surface area (Å²) in [4.78, 5) is 3.63. The number of alkyl halides is 6. The summed E-state index contributed by atoms with van der Waals surface area (Å²) in [7, 11) is 0. The molecule has 0 aliphatic rings. The van der Waals surface area contributed by atoms with Gasteiger partial charge in [-0.3, -0.25) is 0 Å². The molecule has 0 fully saturated rings. The van der Waals surface area contributed by atoms with Crippen molar-refractivity contribution in [2.45, 2.75) is 19.0 Å². The topological polar surface area (TPSA) is 38.0 Å². The van der Waals surface area contributed by atoms with Crippen molar-refractivity contribution in [2.75, 3.05) is 0 Å². The maximum atomic E-state index is 12.9. The van der Waals surface area contributed by atoms with E-state index in [0.717, 1.165) is 17.1 Å². The molecule has 2 aromatic rings. The van der Waals surface area contributed by atoms with Crippen LogP contribution < -0.4 is 0 Å². The fourth-order valence-corrected chi connectivity index (χ4v) is 1.74. The second-order valence-corrected chi connectivity index (χ2v) is 4.16. The molecule has 1 aromatic carbocycles. The van der Waals surface area contributed by atoms with Gasteiger partial charge in [-0.05, 0) is 18.2 Å². The molecule has 1 aromatic heterocycles. The van der Waals surface area contributed by atoms with Gasteiger partial charge in [0.1, 0.15) is 0 Å². The highest BCUT2D eigenvalue weighted by atomic mass is 19.4. The fourth-order valence-electron chi connectivity index (χ4n) is 1.74. The van der Waals surface area contributed by atoms with Crippen LogP contribution in [-0.4, -0.2) is 14.7 Å². The smallest absolute Gasteiger partial charge is 0.390 e. The molecular formula is C12H8F6N2O. The van der Waals surface area contributed by atoms with Gasteiger partial charge in [0.15, 0.2) is 0 Å². The third-order valence-corrected chi connectivity index (χ3v) is 2.71. The van der Waals surface area contributed by atoms with E-state index < -0.39 is 35.8 Å². The van der Waals surface area contributed by atoms with Gasteiger partial charge in [0.2, 0.25) is 0 Å². The van der Waals surface area contributed by atoms with Crippen LogP contribution in [0.4, 0.5) is 26.3 Å². The molecule has 0 atom stereocenters. The van der Waals surface area contributed by atoms with Crippen LogP contribution in [0.1, 0.15) is 16.8 Å². The summed E-state index contributed by atoms with van der Waals surface area (Å²) >= 11 is 0. The lowest BCUT2D eigenvalue weighted by Gasteiger charge is -2.16. The molecule has 21 heavy (non-hydrogen) atoms. The van der Waals surface area contributed by atoms with E-state index in [1.165, 1.54) is 0 Å². The summed E-state index contributed by atoms with van der Waals surface area (Å²) in [5.74, 6) is 0. The Morgan fingerprint density at radius 1 is 1.05 bits per heavy atom. The first-order chi connectivity index (χ1) is 9.63. The molecule has 2 rings (SSSR count). The number of aromatic nitrogens is 2. The van der Waals surface area contributed by atoms with Crippen LogP contribution in [0, 0.1) is 0 Å². The van der Waals surface area contributed by atoms with E-state index in [-0.39, 0.29) is 11.8 Å². The van der Waals surface area contributed by atoms with Crippen LogP contribution in [-0.2, 0) is 19.0 Å². The SMILES string of the molecule is OCc1cn(-c2ccc(C(F)(F)F)cc2C(F)(F)F)cn1. The number of hydrogen-bond donors (Lipinski definition) is 1. The van der Waals surface area contributed by atoms with Crippen LogP contribution in [0.2, 0.25) is 0 Å². The second-order valence-electron chi connectivity index (χ2n) is 4.16. The monoisotopic (exact) mass is 310 g/mol. The van der Waals surface area contributed by atoms with Gasteiger partial charge in [0.25, 0.3) is 0 Å². The van der Waals surface area contributed by atoms with Gasteiger partial charge < -0.3 is 9.67 Å². The van der Waals surface area contributed by atoms with Gasteiger partial charge in [-0.15, -0.1) is 0 Å². The predicted molar refractivity (Wildman–Crippen MR) is 59.5 cm³/mol.